The SMILES string of the molecule is O=C(CCCC(=O)ON1CCCCC1)ON1CCCCC1. The number of piperidine rings is 2. The Kier molecular flexibility index (Phi) is 6.95. The largest absolute Gasteiger partial charge is 0.368 e. The molecule has 2 heterocycles. The van der Waals surface area contributed by atoms with Crippen molar-refractivity contribution in [3.63, 3.8) is 0 Å². The molecule has 6 nitrogen and oxygen atoms in total. The predicted octanol–water partition coefficient (Wildman–Crippen LogP) is 2.04. The second-order valence-electron chi connectivity index (χ2n) is 5.76. The van der Waals surface area contributed by atoms with Gasteiger partial charge in [-0.1, -0.05) is 12.8 Å². The van der Waals surface area contributed by atoms with Crippen molar-refractivity contribution in [3.05, 3.63) is 0 Å². The van der Waals surface area contributed by atoms with Gasteiger partial charge in [0.1, 0.15) is 0 Å². The summed E-state index contributed by atoms with van der Waals surface area (Å²) >= 11 is 0. The van der Waals surface area contributed by atoms with Crippen LogP contribution in [0, 0.1) is 0 Å². The zero-order chi connectivity index (χ0) is 14.9. The van der Waals surface area contributed by atoms with Crippen LogP contribution < -0.4 is 0 Å². The summed E-state index contributed by atoms with van der Waals surface area (Å²) in [6.07, 6.45) is 7.75. The molecular weight excluding hydrogens is 272 g/mol. The van der Waals surface area contributed by atoms with E-state index in [1.807, 2.05) is 0 Å². The molecule has 0 aromatic rings. The molecule has 0 amide bonds. The van der Waals surface area contributed by atoms with Crippen LogP contribution in [0.4, 0.5) is 0 Å². The second kappa shape index (κ2) is 9.00. The summed E-state index contributed by atoms with van der Waals surface area (Å²) in [5.74, 6) is -0.495. The Morgan fingerprint density at radius 1 is 0.667 bits per heavy atom. The zero-order valence-electron chi connectivity index (χ0n) is 12.7. The maximum absolute atomic E-state index is 11.7. The van der Waals surface area contributed by atoms with Gasteiger partial charge in [-0.25, -0.2) is 0 Å². The summed E-state index contributed by atoms with van der Waals surface area (Å²) in [7, 11) is 0. The van der Waals surface area contributed by atoms with Crippen LogP contribution in [0.15, 0.2) is 0 Å². The molecule has 120 valence electrons. The molecule has 0 saturated carbocycles. The lowest BCUT2D eigenvalue weighted by atomic mass is 10.2. The first kappa shape index (κ1) is 16.2. The lowest BCUT2D eigenvalue weighted by Gasteiger charge is -2.25. The van der Waals surface area contributed by atoms with Gasteiger partial charge in [-0.2, -0.15) is 0 Å². The normalized spacial score (nSPS) is 21.0. The molecule has 2 aliphatic heterocycles. The molecule has 0 radical (unpaired) electrons. The van der Waals surface area contributed by atoms with Crippen molar-refractivity contribution in [2.24, 2.45) is 0 Å². The first-order valence-electron chi connectivity index (χ1n) is 8.15. The van der Waals surface area contributed by atoms with Crippen molar-refractivity contribution in [1.82, 2.24) is 10.1 Å². The molecule has 0 aromatic heterocycles. The Morgan fingerprint density at radius 3 is 1.43 bits per heavy atom. The number of carbonyl (C=O) groups excluding carboxylic acids is 2. The Bertz CT molecular complexity index is 305. The molecule has 0 aliphatic carbocycles. The third-order valence-electron chi connectivity index (χ3n) is 3.85. The monoisotopic (exact) mass is 298 g/mol. The molecule has 0 unspecified atom stereocenters. The van der Waals surface area contributed by atoms with Crippen LogP contribution in [0.3, 0.4) is 0 Å². The predicted molar refractivity (Wildman–Crippen MR) is 76.9 cm³/mol. The average Bonchev–Trinajstić information content (AvgIpc) is 2.49. The molecule has 0 aromatic carbocycles. The topological polar surface area (TPSA) is 59.1 Å². The van der Waals surface area contributed by atoms with E-state index in [4.69, 9.17) is 9.68 Å². The number of rotatable bonds is 6. The number of hydrogen-bond acceptors (Lipinski definition) is 6. The van der Waals surface area contributed by atoms with E-state index in [9.17, 15) is 9.59 Å². The average molecular weight is 298 g/mol. The van der Waals surface area contributed by atoms with Crippen LogP contribution in [-0.4, -0.2) is 48.2 Å². The van der Waals surface area contributed by atoms with Gasteiger partial charge in [0.05, 0.1) is 0 Å². The molecule has 0 bridgehead atoms. The first-order chi connectivity index (χ1) is 10.2. The minimum absolute atomic E-state index is 0.248. The van der Waals surface area contributed by atoms with Gasteiger partial charge in [0.2, 0.25) is 0 Å². The summed E-state index contributed by atoms with van der Waals surface area (Å²) in [5.41, 5.74) is 0. The van der Waals surface area contributed by atoms with Crippen molar-refractivity contribution >= 4 is 11.9 Å². The summed E-state index contributed by atoms with van der Waals surface area (Å²) in [5, 5.41) is 3.47. The molecule has 6 heteroatoms. The standard InChI is InChI=1S/C15H26N2O4/c18-14(20-16-10-3-1-4-11-16)8-7-9-15(19)21-17-12-5-2-6-13-17/h1-13H2. The molecule has 2 aliphatic rings. The van der Waals surface area contributed by atoms with E-state index in [1.54, 1.807) is 10.1 Å². The minimum atomic E-state index is -0.248. The van der Waals surface area contributed by atoms with E-state index < -0.39 is 0 Å². The highest BCUT2D eigenvalue weighted by molar-refractivity contribution is 5.72. The maximum Gasteiger partial charge on any atom is 0.325 e. The second-order valence-corrected chi connectivity index (χ2v) is 5.76. The summed E-state index contributed by atoms with van der Waals surface area (Å²) in [4.78, 5) is 33.8. The third-order valence-corrected chi connectivity index (χ3v) is 3.85. The molecule has 21 heavy (non-hydrogen) atoms. The van der Waals surface area contributed by atoms with Gasteiger partial charge >= 0.3 is 11.9 Å². The smallest absolute Gasteiger partial charge is 0.325 e. The maximum atomic E-state index is 11.7. The van der Waals surface area contributed by atoms with E-state index in [2.05, 4.69) is 0 Å². The molecule has 2 rings (SSSR count). The fraction of sp³-hybridized carbons (Fsp3) is 0.867. The molecular formula is C15H26N2O4. The van der Waals surface area contributed by atoms with E-state index in [1.165, 1.54) is 12.8 Å². The van der Waals surface area contributed by atoms with Crippen LogP contribution in [0.1, 0.15) is 57.8 Å². The van der Waals surface area contributed by atoms with Crippen molar-refractivity contribution < 1.29 is 19.3 Å². The van der Waals surface area contributed by atoms with Crippen molar-refractivity contribution in [2.75, 3.05) is 26.2 Å². The van der Waals surface area contributed by atoms with Crippen LogP contribution >= 0.6 is 0 Å². The number of nitrogens with zero attached hydrogens (tertiary/aromatic N) is 2. The molecule has 2 fully saturated rings. The highest BCUT2D eigenvalue weighted by Gasteiger charge is 2.17. The van der Waals surface area contributed by atoms with Gasteiger partial charge in [-0.05, 0) is 32.1 Å². The Hall–Kier alpha value is -1.14. The van der Waals surface area contributed by atoms with E-state index in [0.29, 0.717) is 6.42 Å². The molecule has 0 N–H and O–H groups in total. The minimum Gasteiger partial charge on any atom is -0.368 e. The van der Waals surface area contributed by atoms with E-state index in [0.717, 1.165) is 51.9 Å². The van der Waals surface area contributed by atoms with Gasteiger partial charge in [0.15, 0.2) is 0 Å². The zero-order valence-corrected chi connectivity index (χ0v) is 12.7. The fourth-order valence-electron chi connectivity index (χ4n) is 2.67. The van der Waals surface area contributed by atoms with Gasteiger partial charge in [-0.3, -0.25) is 9.59 Å². The van der Waals surface area contributed by atoms with Crippen molar-refractivity contribution in [3.8, 4) is 0 Å². The summed E-state index contributed by atoms with van der Waals surface area (Å²) in [6, 6.07) is 0. The lowest BCUT2D eigenvalue weighted by molar-refractivity contribution is -0.196. The van der Waals surface area contributed by atoms with Crippen molar-refractivity contribution in [1.29, 1.82) is 0 Å². The fourth-order valence-corrected chi connectivity index (χ4v) is 2.67. The third kappa shape index (κ3) is 6.44. The first-order valence-corrected chi connectivity index (χ1v) is 8.15. The van der Waals surface area contributed by atoms with Crippen LogP contribution in [0.2, 0.25) is 0 Å². The van der Waals surface area contributed by atoms with Gasteiger partial charge in [0, 0.05) is 39.0 Å². The number of hydroxylamine groups is 4. The van der Waals surface area contributed by atoms with Gasteiger partial charge < -0.3 is 9.68 Å². The van der Waals surface area contributed by atoms with Gasteiger partial charge in [-0.15, -0.1) is 10.1 Å². The highest BCUT2D eigenvalue weighted by Crippen LogP contribution is 2.12. The number of hydrogen-bond donors (Lipinski definition) is 0. The Morgan fingerprint density at radius 2 is 1.05 bits per heavy atom. The molecule has 0 spiro atoms. The van der Waals surface area contributed by atoms with Crippen LogP contribution in [0.5, 0.6) is 0 Å². The number of carbonyl (C=O) groups is 2. The Balaban J connectivity index is 1.53. The van der Waals surface area contributed by atoms with Crippen LogP contribution in [-0.2, 0) is 19.3 Å². The van der Waals surface area contributed by atoms with Gasteiger partial charge in [0.25, 0.3) is 0 Å². The van der Waals surface area contributed by atoms with E-state index >= 15 is 0 Å². The molecule has 0 atom stereocenters. The molecule has 2 saturated heterocycles. The highest BCUT2D eigenvalue weighted by atomic mass is 16.7. The van der Waals surface area contributed by atoms with Crippen LogP contribution in [0.25, 0.3) is 0 Å². The summed E-state index contributed by atoms with van der Waals surface area (Å²) < 4.78 is 0. The summed E-state index contributed by atoms with van der Waals surface area (Å²) in [6.45, 7) is 3.29. The lowest BCUT2D eigenvalue weighted by Crippen LogP contribution is -2.33. The quantitative estimate of drug-likeness (QED) is 0.748. The van der Waals surface area contributed by atoms with E-state index in [-0.39, 0.29) is 24.8 Å². The van der Waals surface area contributed by atoms with Crippen molar-refractivity contribution in [2.45, 2.75) is 57.8 Å². The Labute approximate surface area is 126 Å².